The van der Waals surface area contributed by atoms with Gasteiger partial charge in [-0.05, 0) is 6.07 Å². The minimum atomic E-state index is 0.772. The summed E-state index contributed by atoms with van der Waals surface area (Å²) < 4.78 is 0. The summed E-state index contributed by atoms with van der Waals surface area (Å²) >= 11 is 0. The van der Waals surface area contributed by atoms with Crippen molar-refractivity contribution in [1.82, 2.24) is 19.9 Å². The average molecular weight is 196 g/mol. The number of hydrogen-bond donors (Lipinski definition) is 1. The van der Waals surface area contributed by atoms with Gasteiger partial charge in [-0.1, -0.05) is 18.2 Å². The Labute approximate surface area is 86.0 Å². The van der Waals surface area contributed by atoms with Gasteiger partial charge in [0.25, 0.3) is 0 Å². The monoisotopic (exact) mass is 196 g/mol. The van der Waals surface area contributed by atoms with Crippen molar-refractivity contribution in [3.63, 3.8) is 0 Å². The first-order valence-electron chi connectivity index (χ1n) is 4.64. The molecule has 4 nitrogen and oxygen atoms in total. The van der Waals surface area contributed by atoms with E-state index in [-0.39, 0.29) is 0 Å². The van der Waals surface area contributed by atoms with Crippen molar-refractivity contribution in [2.24, 2.45) is 0 Å². The summed E-state index contributed by atoms with van der Waals surface area (Å²) in [7, 11) is 0. The van der Waals surface area contributed by atoms with Gasteiger partial charge in [0.2, 0.25) is 0 Å². The van der Waals surface area contributed by atoms with Gasteiger partial charge in [-0.25, -0.2) is 15.0 Å². The molecule has 0 fully saturated rings. The zero-order valence-electron chi connectivity index (χ0n) is 7.88. The lowest BCUT2D eigenvalue weighted by Crippen LogP contribution is -1.89. The van der Waals surface area contributed by atoms with E-state index in [1.807, 2.05) is 24.3 Å². The molecule has 0 spiro atoms. The van der Waals surface area contributed by atoms with Gasteiger partial charge in [-0.2, -0.15) is 0 Å². The first kappa shape index (κ1) is 8.11. The van der Waals surface area contributed by atoms with Crippen LogP contribution in [0.4, 0.5) is 0 Å². The molecule has 15 heavy (non-hydrogen) atoms. The third-order valence-electron chi connectivity index (χ3n) is 2.27. The van der Waals surface area contributed by atoms with E-state index >= 15 is 0 Å². The summed E-state index contributed by atoms with van der Waals surface area (Å²) in [5.74, 6) is 0.772. The van der Waals surface area contributed by atoms with Crippen molar-refractivity contribution in [2.45, 2.75) is 0 Å². The van der Waals surface area contributed by atoms with E-state index in [1.54, 1.807) is 18.7 Å². The zero-order chi connectivity index (χ0) is 10.1. The largest absolute Gasteiger partial charge is 0.343 e. The van der Waals surface area contributed by atoms with Crippen LogP contribution in [0.1, 0.15) is 0 Å². The minimum absolute atomic E-state index is 0.772. The Kier molecular flexibility index (Phi) is 1.71. The highest BCUT2D eigenvalue weighted by Crippen LogP contribution is 2.21. The molecule has 0 aliphatic rings. The maximum Gasteiger partial charge on any atom is 0.156 e. The molecule has 0 saturated carbocycles. The van der Waals surface area contributed by atoms with Gasteiger partial charge in [0.05, 0.1) is 5.52 Å². The lowest BCUT2D eigenvalue weighted by molar-refractivity contribution is 1.18. The van der Waals surface area contributed by atoms with Crippen LogP contribution in [0, 0.1) is 0 Å². The lowest BCUT2D eigenvalue weighted by Gasteiger charge is -2.00. The summed E-state index contributed by atoms with van der Waals surface area (Å²) in [6.07, 6.45) is 5.05. The van der Waals surface area contributed by atoms with E-state index in [0.29, 0.717) is 0 Å². The summed E-state index contributed by atoms with van der Waals surface area (Å²) in [4.78, 5) is 15.7. The fraction of sp³-hybridized carbons (Fsp3) is 0. The molecule has 72 valence electrons. The summed E-state index contributed by atoms with van der Waals surface area (Å²) in [5.41, 5.74) is 1.77. The Hall–Kier alpha value is -2.23. The van der Waals surface area contributed by atoms with Crippen LogP contribution in [0.15, 0.2) is 43.0 Å². The smallest absolute Gasteiger partial charge is 0.156 e. The number of H-pyrrole nitrogens is 1. The maximum absolute atomic E-state index is 4.24. The number of nitrogens with one attached hydrogen (secondary N) is 1. The van der Waals surface area contributed by atoms with E-state index in [9.17, 15) is 0 Å². The third kappa shape index (κ3) is 1.27. The van der Waals surface area contributed by atoms with Crippen molar-refractivity contribution < 1.29 is 0 Å². The van der Waals surface area contributed by atoms with Crippen molar-refractivity contribution >= 4 is 10.9 Å². The third-order valence-corrected chi connectivity index (χ3v) is 2.27. The van der Waals surface area contributed by atoms with Crippen LogP contribution in [-0.2, 0) is 0 Å². The van der Waals surface area contributed by atoms with E-state index in [0.717, 1.165) is 22.4 Å². The molecule has 0 unspecified atom stereocenters. The number of nitrogens with zero attached hydrogens (tertiary/aromatic N) is 3. The van der Waals surface area contributed by atoms with Gasteiger partial charge >= 0.3 is 0 Å². The molecule has 0 radical (unpaired) electrons. The van der Waals surface area contributed by atoms with E-state index in [2.05, 4.69) is 19.9 Å². The fourth-order valence-electron chi connectivity index (χ4n) is 1.59. The number of hydrogen-bond acceptors (Lipinski definition) is 3. The van der Waals surface area contributed by atoms with E-state index in [4.69, 9.17) is 0 Å². The predicted octanol–water partition coefficient (Wildman–Crippen LogP) is 2.02. The highest BCUT2D eigenvalue weighted by atomic mass is 14.9. The normalized spacial score (nSPS) is 10.7. The number of fused-ring (bicyclic) bond motifs is 1. The standard InChI is InChI=1S/C11H8N4/c1-2-4-9-8(3-1)10(15-7-14-9)11-12-5-6-13-11/h1-7H,(H,12,13). The van der Waals surface area contributed by atoms with Gasteiger partial charge in [0, 0.05) is 17.8 Å². The zero-order valence-corrected chi connectivity index (χ0v) is 7.88. The molecule has 0 saturated heterocycles. The molecule has 1 N–H and O–H groups in total. The highest BCUT2D eigenvalue weighted by Gasteiger charge is 2.06. The first-order chi connectivity index (χ1) is 7.45. The van der Waals surface area contributed by atoms with Crippen LogP contribution in [0.5, 0.6) is 0 Å². The summed E-state index contributed by atoms with van der Waals surface area (Å²) in [5, 5.41) is 1.01. The average Bonchev–Trinajstić information content (AvgIpc) is 2.82. The van der Waals surface area contributed by atoms with Gasteiger partial charge in [0.1, 0.15) is 12.0 Å². The molecule has 1 aromatic carbocycles. The number of rotatable bonds is 1. The van der Waals surface area contributed by atoms with Crippen molar-refractivity contribution in [3.05, 3.63) is 43.0 Å². The Morgan fingerprint density at radius 2 is 1.93 bits per heavy atom. The molecule has 3 aromatic rings. The molecule has 2 heterocycles. The van der Waals surface area contributed by atoms with Crippen LogP contribution in [-0.4, -0.2) is 19.9 Å². The molecule has 0 aliphatic carbocycles. The SMILES string of the molecule is c1ccc2c(-c3ncc[nH]3)ncnc2c1. The second kappa shape index (κ2) is 3.16. The predicted molar refractivity (Wildman–Crippen MR) is 57.1 cm³/mol. The molecule has 3 rings (SSSR count). The number of para-hydroxylation sites is 1. The summed E-state index contributed by atoms with van der Waals surface area (Å²) in [6.45, 7) is 0. The quantitative estimate of drug-likeness (QED) is 0.647. The van der Waals surface area contributed by atoms with E-state index in [1.165, 1.54) is 0 Å². The Bertz CT molecular complexity index is 581. The number of aromatic amines is 1. The Balaban J connectivity index is 2.36. The van der Waals surface area contributed by atoms with Gasteiger partial charge < -0.3 is 4.98 Å². The molecular formula is C11H8N4. The molecule has 0 aliphatic heterocycles. The van der Waals surface area contributed by atoms with Crippen LogP contribution in [0.3, 0.4) is 0 Å². The summed E-state index contributed by atoms with van der Waals surface area (Å²) in [6, 6.07) is 7.88. The first-order valence-corrected chi connectivity index (χ1v) is 4.64. The lowest BCUT2D eigenvalue weighted by atomic mass is 10.2. The molecule has 4 heteroatoms. The van der Waals surface area contributed by atoms with Crippen molar-refractivity contribution in [2.75, 3.05) is 0 Å². The number of imidazole rings is 1. The topological polar surface area (TPSA) is 54.5 Å². The van der Waals surface area contributed by atoms with Gasteiger partial charge in [0.15, 0.2) is 5.82 Å². The molecule has 0 bridgehead atoms. The van der Waals surface area contributed by atoms with Crippen LogP contribution in [0.2, 0.25) is 0 Å². The van der Waals surface area contributed by atoms with Crippen molar-refractivity contribution in [1.29, 1.82) is 0 Å². The Morgan fingerprint density at radius 3 is 2.80 bits per heavy atom. The van der Waals surface area contributed by atoms with Crippen LogP contribution in [0.25, 0.3) is 22.4 Å². The highest BCUT2D eigenvalue weighted by molar-refractivity contribution is 5.90. The molecule has 2 aromatic heterocycles. The second-order valence-electron chi connectivity index (χ2n) is 3.18. The number of benzene rings is 1. The van der Waals surface area contributed by atoms with Crippen LogP contribution >= 0.6 is 0 Å². The molecule has 0 amide bonds. The minimum Gasteiger partial charge on any atom is -0.343 e. The Morgan fingerprint density at radius 1 is 1.00 bits per heavy atom. The molecular weight excluding hydrogens is 188 g/mol. The van der Waals surface area contributed by atoms with Crippen molar-refractivity contribution in [3.8, 4) is 11.5 Å². The molecule has 0 atom stereocenters. The van der Waals surface area contributed by atoms with Gasteiger partial charge in [-0.3, -0.25) is 0 Å². The second-order valence-corrected chi connectivity index (χ2v) is 3.18. The number of aromatic nitrogens is 4. The maximum atomic E-state index is 4.24. The fourth-order valence-corrected chi connectivity index (χ4v) is 1.59. The van der Waals surface area contributed by atoms with Crippen LogP contribution < -0.4 is 0 Å². The van der Waals surface area contributed by atoms with Gasteiger partial charge in [-0.15, -0.1) is 0 Å². The van der Waals surface area contributed by atoms with E-state index < -0.39 is 0 Å².